The van der Waals surface area contributed by atoms with E-state index in [1.165, 1.54) is 7.11 Å². The maximum absolute atomic E-state index is 12.5. The SMILES string of the molecule is COC(=O)C1CN(C(=O)c2cc(Cl)ccc2C)CCO1. The molecule has 1 aromatic carbocycles. The summed E-state index contributed by atoms with van der Waals surface area (Å²) in [5.41, 5.74) is 1.39. The van der Waals surface area contributed by atoms with Crippen LogP contribution in [-0.4, -0.2) is 49.7 Å². The van der Waals surface area contributed by atoms with E-state index in [1.54, 1.807) is 23.1 Å². The molecule has 1 heterocycles. The number of esters is 1. The number of carbonyl (C=O) groups is 2. The highest BCUT2D eigenvalue weighted by Crippen LogP contribution is 2.19. The van der Waals surface area contributed by atoms with E-state index in [2.05, 4.69) is 4.74 Å². The maximum Gasteiger partial charge on any atom is 0.336 e. The van der Waals surface area contributed by atoms with E-state index in [4.69, 9.17) is 16.3 Å². The van der Waals surface area contributed by atoms with E-state index >= 15 is 0 Å². The van der Waals surface area contributed by atoms with E-state index in [0.29, 0.717) is 23.7 Å². The summed E-state index contributed by atoms with van der Waals surface area (Å²) in [6.07, 6.45) is -0.725. The molecule has 0 bridgehead atoms. The van der Waals surface area contributed by atoms with Gasteiger partial charge in [-0.3, -0.25) is 4.79 Å². The summed E-state index contributed by atoms with van der Waals surface area (Å²) in [6.45, 7) is 2.79. The van der Waals surface area contributed by atoms with E-state index in [-0.39, 0.29) is 12.5 Å². The molecule has 0 spiro atoms. The van der Waals surface area contributed by atoms with Gasteiger partial charge in [0.2, 0.25) is 0 Å². The van der Waals surface area contributed by atoms with E-state index in [9.17, 15) is 9.59 Å². The second-order valence-electron chi connectivity index (χ2n) is 4.59. The topological polar surface area (TPSA) is 55.8 Å². The van der Waals surface area contributed by atoms with Gasteiger partial charge in [-0.25, -0.2) is 4.79 Å². The zero-order chi connectivity index (χ0) is 14.7. The lowest BCUT2D eigenvalue weighted by atomic mass is 10.1. The molecule has 1 aliphatic heterocycles. The van der Waals surface area contributed by atoms with Gasteiger partial charge in [-0.2, -0.15) is 0 Å². The lowest BCUT2D eigenvalue weighted by Gasteiger charge is -2.31. The van der Waals surface area contributed by atoms with Crippen LogP contribution in [0.4, 0.5) is 0 Å². The third-order valence-corrected chi connectivity index (χ3v) is 3.48. The van der Waals surface area contributed by atoms with Gasteiger partial charge in [-0.05, 0) is 24.6 Å². The summed E-state index contributed by atoms with van der Waals surface area (Å²) in [6, 6.07) is 5.18. The van der Waals surface area contributed by atoms with Gasteiger partial charge in [0.15, 0.2) is 6.10 Å². The van der Waals surface area contributed by atoms with Gasteiger partial charge >= 0.3 is 5.97 Å². The Hall–Kier alpha value is -1.59. The first kappa shape index (κ1) is 14.8. The largest absolute Gasteiger partial charge is 0.467 e. The number of rotatable bonds is 2. The molecule has 1 amide bonds. The minimum Gasteiger partial charge on any atom is -0.467 e. The fourth-order valence-corrected chi connectivity index (χ4v) is 2.27. The standard InChI is InChI=1S/C14H16ClNO4/c1-9-3-4-10(15)7-11(9)13(17)16-5-6-20-12(8-16)14(18)19-2/h3-4,7,12H,5-6,8H2,1-2H3. The van der Waals surface area contributed by atoms with Crippen LogP contribution in [-0.2, 0) is 14.3 Å². The highest BCUT2D eigenvalue weighted by molar-refractivity contribution is 6.31. The Labute approximate surface area is 122 Å². The Morgan fingerprint density at radius 3 is 2.90 bits per heavy atom. The Balaban J connectivity index is 2.16. The van der Waals surface area contributed by atoms with Gasteiger partial charge < -0.3 is 14.4 Å². The molecule has 108 valence electrons. The number of carbonyl (C=O) groups excluding carboxylic acids is 2. The number of aryl methyl sites for hydroxylation is 1. The summed E-state index contributed by atoms with van der Waals surface area (Å²) in [5.74, 6) is -0.618. The van der Waals surface area contributed by atoms with Crippen LogP contribution >= 0.6 is 11.6 Å². The van der Waals surface area contributed by atoms with Crippen LogP contribution in [0.25, 0.3) is 0 Å². The molecule has 1 aromatic rings. The van der Waals surface area contributed by atoms with Crippen molar-refractivity contribution in [2.45, 2.75) is 13.0 Å². The summed E-state index contributed by atoms with van der Waals surface area (Å²) < 4.78 is 9.95. The van der Waals surface area contributed by atoms with Crippen LogP contribution in [0.15, 0.2) is 18.2 Å². The van der Waals surface area contributed by atoms with Crippen LogP contribution < -0.4 is 0 Å². The number of hydrogen-bond donors (Lipinski definition) is 0. The number of morpholine rings is 1. The third-order valence-electron chi connectivity index (χ3n) is 3.25. The summed E-state index contributed by atoms with van der Waals surface area (Å²) in [5, 5.41) is 0.511. The fourth-order valence-electron chi connectivity index (χ4n) is 2.10. The Morgan fingerprint density at radius 2 is 2.20 bits per heavy atom. The molecule has 5 nitrogen and oxygen atoms in total. The highest BCUT2D eigenvalue weighted by atomic mass is 35.5. The first-order chi connectivity index (χ1) is 9.52. The molecule has 1 fully saturated rings. The van der Waals surface area contributed by atoms with Crippen molar-refractivity contribution in [1.82, 2.24) is 4.90 Å². The molecule has 0 aliphatic carbocycles. The maximum atomic E-state index is 12.5. The molecule has 1 aliphatic rings. The average Bonchev–Trinajstić information content (AvgIpc) is 2.48. The number of halogens is 1. The van der Waals surface area contributed by atoms with Crippen molar-refractivity contribution in [2.75, 3.05) is 26.8 Å². The van der Waals surface area contributed by atoms with E-state index in [1.807, 2.05) is 6.92 Å². The predicted molar refractivity (Wildman–Crippen MR) is 73.8 cm³/mol. The van der Waals surface area contributed by atoms with Crippen molar-refractivity contribution in [3.05, 3.63) is 34.3 Å². The smallest absolute Gasteiger partial charge is 0.336 e. The molecule has 1 atom stereocenters. The number of hydrogen-bond acceptors (Lipinski definition) is 4. The van der Waals surface area contributed by atoms with Gasteiger partial charge in [-0.1, -0.05) is 17.7 Å². The fraction of sp³-hybridized carbons (Fsp3) is 0.429. The van der Waals surface area contributed by atoms with Gasteiger partial charge in [0.25, 0.3) is 5.91 Å². The molecule has 1 saturated heterocycles. The summed E-state index contributed by atoms with van der Waals surface area (Å²) >= 11 is 5.93. The number of nitrogens with zero attached hydrogens (tertiary/aromatic N) is 1. The van der Waals surface area contributed by atoms with Crippen LogP contribution in [0.5, 0.6) is 0 Å². The second-order valence-corrected chi connectivity index (χ2v) is 5.03. The number of amides is 1. The summed E-state index contributed by atoms with van der Waals surface area (Å²) in [7, 11) is 1.30. The zero-order valence-electron chi connectivity index (χ0n) is 11.4. The van der Waals surface area contributed by atoms with Gasteiger partial charge in [0, 0.05) is 17.1 Å². The van der Waals surface area contributed by atoms with Crippen molar-refractivity contribution < 1.29 is 19.1 Å². The molecule has 0 saturated carbocycles. The van der Waals surface area contributed by atoms with Crippen molar-refractivity contribution in [2.24, 2.45) is 0 Å². The predicted octanol–water partition coefficient (Wildman–Crippen LogP) is 1.66. The minimum absolute atomic E-state index is 0.151. The Kier molecular flexibility index (Phi) is 4.62. The van der Waals surface area contributed by atoms with Crippen LogP contribution in [0, 0.1) is 6.92 Å². The van der Waals surface area contributed by atoms with Gasteiger partial charge in [-0.15, -0.1) is 0 Å². The monoisotopic (exact) mass is 297 g/mol. The first-order valence-corrected chi connectivity index (χ1v) is 6.65. The van der Waals surface area contributed by atoms with Crippen molar-refractivity contribution >= 4 is 23.5 Å². The van der Waals surface area contributed by atoms with Gasteiger partial charge in [0.05, 0.1) is 20.3 Å². The molecule has 20 heavy (non-hydrogen) atoms. The Bertz CT molecular complexity index is 532. The Morgan fingerprint density at radius 1 is 1.45 bits per heavy atom. The first-order valence-electron chi connectivity index (χ1n) is 6.27. The number of benzene rings is 1. The lowest BCUT2D eigenvalue weighted by molar-refractivity contribution is -0.158. The molecule has 0 radical (unpaired) electrons. The highest BCUT2D eigenvalue weighted by Gasteiger charge is 2.30. The molecule has 0 N–H and O–H groups in total. The molecular weight excluding hydrogens is 282 g/mol. The molecule has 1 unspecified atom stereocenters. The van der Waals surface area contributed by atoms with Gasteiger partial charge in [0.1, 0.15) is 0 Å². The van der Waals surface area contributed by atoms with Crippen molar-refractivity contribution in [3.8, 4) is 0 Å². The summed E-state index contributed by atoms with van der Waals surface area (Å²) in [4.78, 5) is 25.6. The third kappa shape index (κ3) is 3.11. The van der Waals surface area contributed by atoms with Crippen molar-refractivity contribution in [3.63, 3.8) is 0 Å². The van der Waals surface area contributed by atoms with Crippen LogP contribution in [0.1, 0.15) is 15.9 Å². The average molecular weight is 298 g/mol. The van der Waals surface area contributed by atoms with Crippen LogP contribution in [0.2, 0.25) is 5.02 Å². The molecule has 0 aromatic heterocycles. The second kappa shape index (κ2) is 6.24. The zero-order valence-corrected chi connectivity index (χ0v) is 12.1. The molecule has 6 heteroatoms. The quantitative estimate of drug-likeness (QED) is 0.779. The number of methoxy groups -OCH3 is 1. The molecule has 2 rings (SSSR count). The van der Waals surface area contributed by atoms with Crippen LogP contribution in [0.3, 0.4) is 0 Å². The molecular formula is C14H16ClNO4. The normalized spacial score (nSPS) is 18.8. The van der Waals surface area contributed by atoms with E-state index in [0.717, 1.165) is 5.56 Å². The lowest BCUT2D eigenvalue weighted by Crippen LogP contribution is -2.49. The number of ether oxygens (including phenoxy) is 2. The minimum atomic E-state index is -0.725. The van der Waals surface area contributed by atoms with E-state index < -0.39 is 12.1 Å². The van der Waals surface area contributed by atoms with Crippen molar-refractivity contribution in [1.29, 1.82) is 0 Å².